The number of thiophene rings is 1. The van der Waals surface area contributed by atoms with Crippen LogP contribution in [0.2, 0.25) is 5.02 Å². The molecule has 3 rings (SSSR count). The molecule has 0 unspecified atom stereocenters. The number of carbonyl (C=O) groups is 1. The minimum atomic E-state index is -0.601. The van der Waals surface area contributed by atoms with Crippen molar-refractivity contribution in [2.45, 2.75) is 19.4 Å². The van der Waals surface area contributed by atoms with E-state index in [4.69, 9.17) is 20.8 Å². The first kappa shape index (κ1) is 15.7. The summed E-state index contributed by atoms with van der Waals surface area (Å²) >= 11 is 7.32. The summed E-state index contributed by atoms with van der Waals surface area (Å²) in [5.41, 5.74) is 0.830. The summed E-state index contributed by atoms with van der Waals surface area (Å²) in [6.45, 7) is 1.70. The molecule has 23 heavy (non-hydrogen) atoms. The summed E-state index contributed by atoms with van der Waals surface area (Å²) in [4.78, 5) is 12.9. The lowest BCUT2D eigenvalue weighted by Gasteiger charge is -2.09. The van der Waals surface area contributed by atoms with Gasteiger partial charge in [0.25, 0.3) is 11.8 Å². The zero-order valence-electron chi connectivity index (χ0n) is 12.2. The van der Waals surface area contributed by atoms with Gasteiger partial charge in [-0.05, 0) is 36.1 Å². The fourth-order valence-corrected chi connectivity index (χ4v) is 2.73. The largest absolute Gasteiger partial charge is 0.452 e. The van der Waals surface area contributed by atoms with E-state index < -0.39 is 6.10 Å². The van der Waals surface area contributed by atoms with Crippen LogP contribution < -0.4 is 0 Å². The molecule has 0 radical (unpaired) electrons. The standard InChI is InChI=1S/C16H13ClN2O3S/c1-10(15-18-19-16(22-15)13-3-2-8-23-13)21-14(20)9-11-4-6-12(17)7-5-11/h2-8,10H,9H2,1H3/t10-/m1/s1. The number of ether oxygens (including phenoxy) is 1. The SMILES string of the molecule is C[C@@H](OC(=O)Cc1ccc(Cl)cc1)c1nnc(-c2cccs2)o1. The molecule has 0 spiro atoms. The van der Waals surface area contributed by atoms with Gasteiger partial charge in [-0.1, -0.05) is 29.8 Å². The second kappa shape index (κ2) is 6.93. The Labute approximate surface area is 141 Å². The lowest BCUT2D eigenvalue weighted by molar-refractivity contribution is -0.148. The van der Waals surface area contributed by atoms with Crippen LogP contribution in [0.4, 0.5) is 0 Å². The summed E-state index contributed by atoms with van der Waals surface area (Å²) in [6, 6.07) is 10.8. The Morgan fingerprint density at radius 1 is 1.30 bits per heavy atom. The Kier molecular flexibility index (Phi) is 4.73. The number of benzene rings is 1. The molecule has 0 aliphatic heterocycles. The first-order chi connectivity index (χ1) is 11.1. The van der Waals surface area contributed by atoms with E-state index in [0.717, 1.165) is 10.4 Å². The van der Waals surface area contributed by atoms with Gasteiger partial charge in [0, 0.05) is 5.02 Å². The highest BCUT2D eigenvalue weighted by Crippen LogP contribution is 2.26. The molecule has 118 valence electrons. The Morgan fingerprint density at radius 3 is 2.78 bits per heavy atom. The molecule has 1 atom stereocenters. The van der Waals surface area contributed by atoms with Crippen molar-refractivity contribution in [2.24, 2.45) is 0 Å². The number of hydrogen-bond acceptors (Lipinski definition) is 6. The van der Waals surface area contributed by atoms with E-state index in [0.29, 0.717) is 10.9 Å². The second-order valence-corrected chi connectivity index (χ2v) is 6.24. The van der Waals surface area contributed by atoms with E-state index in [-0.39, 0.29) is 18.3 Å². The van der Waals surface area contributed by atoms with Crippen LogP contribution in [0.15, 0.2) is 46.2 Å². The minimum Gasteiger partial charge on any atom is -0.452 e. The van der Waals surface area contributed by atoms with Crippen LogP contribution in [0.1, 0.15) is 24.5 Å². The van der Waals surface area contributed by atoms with Gasteiger partial charge in [-0.25, -0.2) is 0 Å². The molecular weight excluding hydrogens is 336 g/mol. The molecule has 0 N–H and O–H groups in total. The van der Waals surface area contributed by atoms with Crippen LogP contribution in [0.5, 0.6) is 0 Å². The summed E-state index contributed by atoms with van der Waals surface area (Å²) < 4.78 is 10.9. The molecule has 0 bridgehead atoms. The average molecular weight is 349 g/mol. The number of halogens is 1. The summed E-state index contributed by atoms with van der Waals surface area (Å²) in [6.07, 6.45) is -0.441. The van der Waals surface area contributed by atoms with Gasteiger partial charge in [0.05, 0.1) is 11.3 Å². The molecule has 3 aromatic rings. The highest BCUT2D eigenvalue weighted by Gasteiger charge is 2.19. The predicted octanol–water partition coefficient (Wildman–Crippen LogP) is 4.30. The van der Waals surface area contributed by atoms with Crippen molar-refractivity contribution in [3.8, 4) is 10.8 Å². The van der Waals surface area contributed by atoms with Gasteiger partial charge >= 0.3 is 5.97 Å². The average Bonchev–Trinajstić information content (AvgIpc) is 3.20. The third kappa shape index (κ3) is 3.97. The van der Waals surface area contributed by atoms with Crippen LogP contribution in [0.3, 0.4) is 0 Å². The summed E-state index contributed by atoms with van der Waals surface area (Å²) in [7, 11) is 0. The molecule has 0 aliphatic rings. The number of nitrogens with zero attached hydrogens (tertiary/aromatic N) is 2. The zero-order chi connectivity index (χ0) is 16.2. The van der Waals surface area contributed by atoms with E-state index in [9.17, 15) is 4.79 Å². The molecular formula is C16H13ClN2O3S. The van der Waals surface area contributed by atoms with Gasteiger partial charge in [-0.15, -0.1) is 21.5 Å². The first-order valence-corrected chi connectivity index (χ1v) is 8.19. The van der Waals surface area contributed by atoms with Crippen LogP contribution in [-0.4, -0.2) is 16.2 Å². The number of aromatic nitrogens is 2. The fraction of sp³-hybridized carbons (Fsp3) is 0.188. The Morgan fingerprint density at radius 2 is 2.09 bits per heavy atom. The quantitative estimate of drug-likeness (QED) is 0.643. The molecule has 0 saturated heterocycles. The van der Waals surface area contributed by atoms with Crippen molar-refractivity contribution in [1.29, 1.82) is 0 Å². The summed E-state index contributed by atoms with van der Waals surface area (Å²) in [5.74, 6) is 0.337. The van der Waals surface area contributed by atoms with E-state index in [1.807, 2.05) is 17.5 Å². The maximum absolute atomic E-state index is 12.0. The Balaban J connectivity index is 1.61. The normalized spacial score (nSPS) is 12.1. The molecule has 0 aliphatic carbocycles. The molecule has 1 aromatic carbocycles. The molecule has 0 amide bonds. The Bertz CT molecular complexity index is 784. The molecule has 2 heterocycles. The van der Waals surface area contributed by atoms with Crippen LogP contribution in [0, 0.1) is 0 Å². The van der Waals surface area contributed by atoms with Gasteiger partial charge < -0.3 is 9.15 Å². The molecule has 2 aromatic heterocycles. The van der Waals surface area contributed by atoms with Crippen LogP contribution in [-0.2, 0) is 16.0 Å². The predicted molar refractivity (Wildman–Crippen MR) is 87.3 cm³/mol. The minimum absolute atomic E-state index is 0.160. The van der Waals surface area contributed by atoms with Gasteiger partial charge in [0.2, 0.25) is 0 Å². The van der Waals surface area contributed by atoms with Gasteiger partial charge in [-0.3, -0.25) is 4.79 Å². The smallest absolute Gasteiger partial charge is 0.311 e. The maximum Gasteiger partial charge on any atom is 0.311 e. The van der Waals surface area contributed by atoms with Crippen molar-refractivity contribution in [2.75, 3.05) is 0 Å². The first-order valence-electron chi connectivity index (χ1n) is 6.93. The maximum atomic E-state index is 12.0. The topological polar surface area (TPSA) is 65.2 Å². The Hall–Kier alpha value is -2.18. The van der Waals surface area contributed by atoms with E-state index in [1.165, 1.54) is 11.3 Å². The third-order valence-electron chi connectivity index (χ3n) is 3.09. The van der Waals surface area contributed by atoms with Crippen molar-refractivity contribution in [1.82, 2.24) is 10.2 Å². The number of carbonyl (C=O) groups excluding carboxylic acids is 1. The molecule has 0 fully saturated rings. The molecule has 7 heteroatoms. The van der Waals surface area contributed by atoms with E-state index in [2.05, 4.69) is 10.2 Å². The molecule has 0 saturated carbocycles. The lowest BCUT2D eigenvalue weighted by atomic mass is 10.1. The highest BCUT2D eigenvalue weighted by atomic mass is 35.5. The second-order valence-electron chi connectivity index (χ2n) is 4.86. The number of hydrogen-bond donors (Lipinski definition) is 0. The number of rotatable bonds is 5. The van der Waals surface area contributed by atoms with Crippen LogP contribution >= 0.6 is 22.9 Å². The molecule has 5 nitrogen and oxygen atoms in total. The van der Waals surface area contributed by atoms with Crippen LogP contribution in [0.25, 0.3) is 10.8 Å². The fourth-order valence-electron chi connectivity index (χ4n) is 1.96. The summed E-state index contributed by atoms with van der Waals surface area (Å²) in [5, 5.41) is 10.5. The highest BCUT2D eigenvalue weighted by molar-refractivity contribution is 7.13. The number of esters is 1. The van der Waals surface area contributed by atoms with Gasteiger partial charge in [0.1, 0.15) is 0 Å². The lowest BCUT2D eigenvalue weighted by Crippen LogP contribution is -2.11. The van der Waals surface area contributed by atoms with Crippen molar-refractivity contribution in [3.05, 3.63) is 58.3 Å². The zero-order valence-corrected chi connectivity index (χ0v) is 13.8. The third-order valence-corrected chi connectivity index (χ3v) is 4.20. The van der Waals surface area contributed by atoms with Crippen molar-refractivity contribution >= 4 is 28.9 Å². The van der Waals surface area contributed by atoms with E-state index in [1.54, 1.807) is 31.2 Å². The van der Waals surface area contributed by atoms with Crippen molar-refractivity contribution in [3.63, 3.8) is 0 Å². The van der Waals surface area contributed by atoms with Crippen molar-refractivity contribution < 1.29 is 13.9 Å². The van der Waals surface area contributed by atoms with Gasteiger partial charge in [0.15, 0.2) is 6.10 Å². The van der Waals surface area contributed by atoms with E-state index >= 15 is 0 Å². The van der Waals surface area contributed by atoms with Gasteiger partial charge in [-0.2, -0.15) is 0 Å². The monoisotopic (exact) mass is 348 g/mol.